The standard InChI is InChI=1S/C22H23FN4O2/c1-15-12-16-4-2-3-5-20(16)26(15)11-10-24-22(29)25-18-13-21(28)27(14-18)19-8-6-17(23)7-9-19/h2-9,12,18H,10-11,13-14H2,1H3,(H2,24,25,29). The Morgan fingerprint density at radius 1 is 1.17 bits per heavy atom. The molecule has 1 atom stereocenters. The Kier molecular flexibility index (Phi) is 5.20. The molecule has 1 fully saturated rings. The van der Waals surface area contributed by atoms with Crippen molar-refractivity contribution >= 4 is 28.5 Å². The van der Waals surface area contributed by atoms with Crippen molar-refractivity contribution in [2.24, 2.45) is 0 Å². The quantitative estimate of drug-likeness (QED) is 0.698. The number of carbonyl (C=O) groups excluding carboxylic acids is 2. The van der Waals surface area contributed by atoms with Crippen molar-refractivity contribution in [2.75, 3.05) is 18.0 Å². The fraction of sp³-hybridized carbons (Fsp3) is 0.273. The lowest BCUT2D eigenvalue weighted by molar-refractivity contribution is -0.117. The van der Waals surface area contributed by atoms with Gasteiger partial charge in [-0.2, -0.15) is 0 Å². The molecular formula is C22H23FN4O2. The van der Waals surface area contributed by atoms with Crippen molar-refractivity contribution in [3.8, 4) is 0 Å². The van der Waals surface area contributed by atoms with E-state index in [-0.39, 0.29) is 30.2 Å². The molecule has 1 unspecified atom stereocenters. The summed E-state index contributed by atoms with van der Waals surface area (Å²) in [6.45, 7) is 3.57. The number of hydrogen-bond donors (Lipinski definition) is 2. The SMILES string of the molecule is Cc1cc2ccccc2n1CCNC(=O)NC1CC(=O)N(c2ccc(F)cc2)C1. The first-order valence-electron chi connectivity index (χ1n) is 9.66. The summed E-state index contributed by atoms with van der Waals surface area (Å²) in [5, 5.41) is 6.90. The number of aromatic nitrogens is 1. The summed E-state index contributed by atoms with van der Waals surface area (Å²) in [5.41, 5.74) is 2.92. The van der Waals surface area contributed by atoms with E-state index in [0.29, 0.717) is 25.3 Å². The smallest absolute Gasteiger partial charge is 0.315 e. The second kappa shape index (κ2) is 7.95. The van der Waals surface area contributed by atoms with Crippen LogP contribution in [0, 0.1) is 12.7 Å². The molecular weight excluding hydrogens is 371 g/mol. The number of rotatable bonds is 5. The third-order valence-electron chi connectivity index (χ3n) is 5.24. The van der Waals surface area contributed by atoms with Gasteiger partial charge in [-0.25, -0.2) is 9.18 Å². The van der Waals surface area contributed by atoms with Gasteiger partial charge in [0.1, 0.15) is 5.82 Å². The van der Waals surface area contributed by atoms with E-state index >= 15 is 0 Å². The van der Waals surface area contributed by atoms with Crippen molar-refractivity contribution in [1.82, 2.24) is 15.2 Å². The molecule has 0 aliphatic carbocycles. The number of hydrogen-bond acceptors (Lipinski definition) is 2. The lowest BCUT2D eigenvalue weighted by Gasteiger charge is -2.17. The molecule has 0 spiro atoms. The van der Waals surface area contributed by atoms with Crippen molar-refractivity contribution in [3.63, 3.8) is 0 Å². The lowest BCUT2D eigenvalue weighted by atomic mass is 10.2. The molecule has 0 bridgehead atoms. The van der Waals surface area contributed by atoms with Crippen LogP contribution in [0.2, 0.25) is 0 Å². The maximum atomic E-state index is 13.1. The van der Waals surface area contributed by atoms with Crippen LogP contribution in [-0.2, 0) is 11.3 Å². The minimum Gasteiger partial charge on any atom is -0.343 e. The van der Waals surface area contributed by atoms with Gasteiger partial charge in [0.25, 0.3) is 0 Å². The first-order chi connectivity index (χ1) is 14.0. The maximum Gasteiger partial charge on any atom is 0.315 e. The van der Waals surface area contributed by atoms with Crippen molar-refractivity contribution in [3.05, 3.63) is 66.1 Å². The molecule has 3 aromatic rings. The van der Waals surface area contributed by atoms with Gasteiger partial charge < -0.3 is 20.1 Å². The molecule has 1 aromatic heterocycles. The summed E-state index contributed by atoms with van der Waals surface area (Å²) in [4.78, 5) is 26.1. The third-order valence-corrected chi connectivity index (χ3v) is 5.24. The highest BCUT2D eigenvalue weighted by atomic mass is 19.1. The molecule has 0 radical (unpaired) electrons. The first kappa shape index (κ1) is 19.0. The van der Waals surface area contributed by atoms with Crippen LogP contribution in [0.1, 0.15) is 12.1 Å². The number of fused-ring (bicyclic) bond motifs is 1. The number of urea groups is 1. The average molecular weight is 394 g/mol. The molecule has 150 valence electrons. The molecule has 3 amide bonds. The fourth-order valence-electron chi connectivity index (χ4n) is 3.84. The maximum absolute atomic E-state index is 13.1. The molecule has 2 aromatic carbocycles. The summed E-state index contributed by atoms with van der Waals surface area (Å²) in [6, 6.07) is 15.5. The van der Waals surface area contributed by atoms with Crippen LogP contribution >= 0.6 is 0 Å². The Morgan fingerprint density at radius 3 is 2.72 bits per heavy atom. The van der Waals surface area contributed by atoms with E-state index in [1.807, 2.05) is 19.1 Å². The molecule has 1 saturated heterocycles. The lowest BCUT2D eigenvalue weighted by Crippen LogP contribution is -2.44. The van der Waals surface area contributed by atoms with Crippen molar-refractivity contribution in [1.29, 1.82) is 0 Å². The number of halogens is 1. The van der Waals surface area contributed by atoms with Crippen LogP contribution < -0.4 is 15.5 Å². The minimum atomic E-state index is -0.347. The van der Waals surface area contributed by atoms with Crippen LogP contribution in [0.3, 0.4) is 0 Å². The predicted octanol–water partition coefficient (Wildman–Crippen LogP) is 3.19. The Morgan fingerprint density at radius 2 is 1.93 bits per heavy atom. The number of carbonyl (C=O) groups is 2. The van der Waals surface area contributed by atoms with Gasteiger partial charge in [-0.05, 0) is 48.7 Å². The number of nitrogens with one attached hydrogen (secondary N) is 2. The van der Waals surface area contributed by atoms with E-state index in [1.54, 1.807) is 17.0 Å². The van der Waals surface area contributed by atoms with Crippen LogP contribution in [-0.4, -0.2) is 35.6 Å². The molecule has 1 aliphatic heterocycles. The van der Waals surface area contributed by atoms with E-state index in [1.165, 1.54) is 17.5 Å². The topological polar surface area (TPSA) is 66.4 Å². The highest BCUT2D eigenvalue weighted by Gasteiger charge is 2.31. The molecule has 4 rings (SSSR count). The monoisotopic (exact) mass is 394 g/mol. The number of para-hydroxylation sites is 1. The zero-order valence-corrected chi connectivity index (χ0v) is 16.2. The average Bonchev–Trinajstić information content (AvgIpc) is 3.21. The van der Waals surface area contributed by atoms with Gasteiger partial charge in [0.15, 0.2) is 0 Å². The van der Waals surface area contributed by atoms with Crippen LogP contribution in [0.25, 0.3) is 10.9 Å². The largest absolute Gasteiger partial charge is 0.343 e. The minimum absolute atomic E-state index is 0.0867. The molecule has 1 aliphatic rings. The fourth-order valence-corrected chi connectivity index (χ4v) is 3.84. The van der Waals surface area contributed by atoms with E-state index in [0.717, 1.165) is 11.2 Å². The predicted molar refractivity (Wildman–Crippen MR) is 110 cm³/mol. The second-order valence-corrected chi connectivity index (χ2v) is 7.28. The summed E-state index contributed by atoms with van der Waals surface area (Å²) < 4.78 is 15.3. The Balaban J connectivity index is 1.29. The van der Waals surface area contributed by atoms with Crippen LogP contribution in [0.15, 0.2) is 54.6 Å². The molecule has 2 N–H and O–H groups in total. The van der Waals surface area contributed by atoms with Gasteiger partial charge in [0.05, 0.1) is 6.04 Å². The molecule has 0 saturated carbocycles. The highest BCUT2D eigenvalue weighted by Crippen LogP contribution is 2.22. The van der Waals surface area contributed by atoms with Crippen molar-refractivity contribution < 1.29 is 14.0 Å². The number of aryl methyl sites for hydroxylation is 1. The van der Waals surface area contributed by atoms with Crippen LogP contribution in [0.4, 0.5) is 14.9 Å². The highest BCUT2D eigenvalue weighted by molar-refractivity contribution is 5.96. The molecule has 6 nitrogen and oxygen atoms in total. The Labute approximate surface area is 168 Å². The first-order valence-corrected chi connectivity index (χ1v) is 9.66. The normalized spacial score (nSPS) is 16.4. The van der Waals surface area contributed by atoms with Crippen molar-refractivity contribution in [2.45, 2.75) is 25.9 Å². The summed E-state index contributed by atoms with van der Waals surface area (Å²) in [6.07, 6.45) is 0.228. The zero-order chi connectivity index (χ0) is 20.4. The van der Waals surface area contributed by atoms with E-state index in [9.17, 15) is 14.0 Å². The van der Waals surface area contributed by atoms with E-state index in [4.69, 9.17) is 0 Å². The van der Waals surface area contributed by atoms with Gasteiger partial charge in [-0.15, -0.1) is 0 Å². The molecule has 7 heteroatoms. The van der Waals surface area contributed by atoms with Gasteiger partial charge >= 0.3 is 6.03 Å². The van der Waals surface area contributed by atoms with Gasteiger partial charge in [-0.1, -0.05) is 18.2 Å². The zero-order valence-electron chi connectivity index (χ0n) is 16.2. The molecule has 29 heavy (non-hydrogen) atoms. The van der Waals surface area contributed by atoms with E-state index in [2.05, 4.69) is 33.4 Å². The van der Waals surface area contributed by atoms with Gasteiger partial charge in [-0.3, -0.25) is 4.79 Å². The molecule has 2 heterocycles. The van der Waals surface area contributed by atoms with E-state index < -0.39 is 0 Å². The number of amides is 3. The number of anilines is 1. The second-order valence-electron chi connectivity index (χ2n) is 7.28. The Bertz CT molecular complexity index is 1040. The van der Waals surface area contributed by atoms with Crippen LogP contribution in [0.5, 0.6) is 0 Å². The third kappa shape index (κ3) is 4.08. The van der Waals surface area contributed by atoms with Gasteiger partial charge in [0, 0.05) is 43.0 Å². The Hall–Kier alpha value is -3.35. The summed E-state index contributed by atoms with van der Waals surface area (Å²) >= 11 is 0. The number of nitrogens with zero attached hydrogens (tertiary/aromatic N) is 2. The number of benzene rings is 2. The summed E-state index contributed by atoms with van der Waals surface area (Å²) in [7, 11) is 0. The summed E-state index contributed by atoms with van der Waals surface area (Å²) in [5.74, 6) is -0.434. The van der Waals surface area contributed by atoms with Gasteiger partial charge in [0.2, 0.25) is 5.91 Å².